The lowest BCUT2D eigenvalue weighted by Gasteiger charge is -2.34. The molecule has 3 amide bonds. The molecular formula is C22H33N3O3. The highest BCUT2D eigenvalue weighted by atomic mass is 16.5. The zero-order valence-electron chi connectivity index (χ0n) is 17.1. The van der Waals surface area contributed by atoms with Gasteiger partial charge in [-0.2, -0.15) is 0 Å². The lowest BCUT2D eigenvalue weighted by atomic mass is 9.96. The van der Waals surface area contributed by atoms with Gasteiger partial charge in [0.1, 0.15) is 5.75 Å². The van der Waals surface area contributed by atoms with Crippen molar-refractivity contribution in [3.8, 4) is 5.75 Å². The minimum Gasteiger partial charge on any atom is -0.481 e. The van der Waals surface area contributed by atoms with E-state index < -0.39 is 6.10 Å². The van der Waals surface area contributed by atoms with Crippen LogP contribution in [0.15, 0.2) is 24.3 Å². The molecule has 0 spiro atoms. The summed E-state index contributed by atoms with van der Waals surface area (Å²) in [6.07, 6.45) is 6.89. The first-order valence-electron chi connectivity index (χ1n) is 10.6. The molecule has 1 saturated carbocycles. The number of carbonyl (C=O) groups excluding carboxylic acids is 2. The number of nitrogens with zero attached hydrogens (tertiary/aromatic N) is 1. The zero-order chi connectivity index (χ0) is 19.9. The standard InChI is InChI=1S/C22H33N3O3/c1-16-8-10-20(11-9-16)28-17(2)21(26)25-14-12-19(13-15-25)24-22(27)23-18-6-4-3-5-7-18/h8-11,17-19H,3-7,12-15H2,1-2H3,(H2,23,24,27). The Labute approximate surface area is 168 Å². The van der Waals surface area contributed by atoms with Crippen LogP contribution in [0, 0.1) is 6.92 Å². The van der Waals surface area contributed by atoms with Crippen molar-refractivity contribution in [3.63, 3.8) is 0 Å². The first-order valence-corrected chi connectivity index (χ1v) is 10.6. The van der Waals surface area contributed by atoms with Gasteiger partial charge in [-0.3, -0.25) is 4.79 Å². The third kappa shape index (κ3) is 5.88. The molecule has 6 nitrogen and oxygen atoms in total. The van der Waals surface area contributed by atoms with Crippen LogP contribution in [0.3, 0.4) is 0 Å². The summed E-state index contributed by atoms with van der Waals surface area (Å²) < 4.78 is 5.79. The van der Waals surface area contributed by atoms with Gasteiger partial charge in [-0.15, -0.1) is 0 Å². The van der Waals surface area contributed by atoms with Gasteiger partial charge in [-0.1, -0.05) is 37.0 Å². The Bertz CT molecular complexity index is 647. The van der Waals surface area contributed by atoms with E-state index in [0.717, 1.165) is 31.2 Å². The molecule has 1 atom stereocenters. The van der Waals surface area contributed by atoms with Gasteiger partial charge in [0.2, 0.25) is 0 Å². The molecule has 0 aromatic heterocycles. The molecule has 1 aromatic rings. The normalized spacial score (nSPS) is 19.7. The quantitative estimate of drug-likeness (QED) is 0.814. The fourth-order valence-electron chi connectivity index (χ4n) is 4.03. The topological polar surface area (TPSA) is 70.7 Å². The van der Waals surface area contributed by atoms with Crippen molar-refractivity contribution in [2.24, 2.45) is 0 Å². The number of piperidine rings is 1. The van der Waals surface area contributed by atoms with Gasteiger partial charge in [0.05, 0.1) is 0 Å². The third-order valence-corrected chi connectivity index (χ3v) is 5.76. The molecular weight excluding hydrogens is 354 g/mol. The van der Waals surface area contributed by atoms with Crippen LogP contribution in [0.2, 0.25) is 0 Å². The minimum absolute atomic E-state index is 0.00526. The fourth-order valence-corrected chi connectivity index (χ4v) is 4.03. The highest BCUT2D eigenvalue weighted by Gasteiger charge is 2.28. The molecule has 0 radical (unpaired) electrons. The number of urea groups is 1. The van der Waals surface area contributed by atoms with Crippen molar-refractivity contribution in [3.05, 3.63) is 29.8 Å². The molecule has 1 aliphatic carbocycles. The molecule has 1 aliphatic heterocycles. The molecule has 6 heteroatoms. The second-order valence-corrected chi connectivity index (χ2v) is 8.13. The molecule has 1 unspecified atom stereocenters. The van der Waals surface area contributed by atoms with Crippen molar-refractivity contribution >= 4 is 11.9 Å². The Balaban J connectivity index is 1.39. The van der Waals surface area contributed by atoms with Crippen molar-refractivity contribution in [1.29, 1.82) is 0 Å². The average Bonchev–Trinajstić information content (AvgIpc) is 2.70. The molecule has 1 saturated heterocycles. The van der Waals surface area contributed by atoms with Gasteiger partial charge in [-0.25, -0.2) is 4.79 Å². The van der Waals surface area contributed by atoms with Crippen LogP contribution in [0.4, 0.5) is 4.79 Å². The highest BCUT2D eigenvalue weighted by Crippen LogP contribution is 2.18. The van der Waals surface area contributed by atoms with E-state index in [4.69, 9.17) is 4.74 Å². The van der Waals surface area contributed by atoms with Crippen molar-refractivity contribution in [2.75, 3.05) is 13.1 Å². The van der Waals surface area contributed by atoms with E-state index in [1.54, 1.807) is 6.92 Å². The summed E-state index contributed by atoms with van der Waals surface area (Å²) in [6, 6.07) is 8.11. The summed E-state index contributed by atoms with van der Waals surface area (Å²) >= 11 is 0. The maximum absolute atomic E-state index is 12.7. The van der Waals surface area contributed by atoms with Crippen LogP contribution in [-0.2, 0) is 4.79 Å². The van der Waals surface area contributed by atoms with Crippen LogP contribution < -0.4 is 15.4 Å². The van der Waals surface area contributed by atoms with Gasteiger partial charge in [0.25, 0.3) is 5.91 Å². The maximum atomic E-state index is 12.7. The second-order valence-electron chi connectivity index (χ2n) is 8.13. The zero-order valence-corrected chi connectivity index (χ0v) is 17.1. The summed E-state index contributed by atoms with van der Waals surface area (Å²) in [5.41, 5.74) is 1.16. The number of rotatable bonds is 5. The van der Waals surface area contributed by atoms with Crippen molar-refractivity contribution in [1.82, 2.24) is 15.5 Å². The van der Waals surface area contributed by atoms with Crippen molar-refractivity contribution in [2.45, 2.75) is 77.0 Å². The number of amides is 3. The molecule has 28 heavy (non-hydrogen) atoms. The van der Waals surface area contributed by atoms with Crippen molar-refractivity contribution < 1.29 is 14.3 Å². The Morgan fingerprint density at radius 1 is 0.964 bits per heavy atom. The lowest BCUT2D eigenvalue weighted by molar-refractivity contribution is -0.139. The van der Waals surface area contributed by atoms with Crippen LogP contribution in [0.1, 0.15) is 57.4 Å². The summed E-state index contributed by atoms with van der Waals surface area (Å²) in [5.74, 6) is 0.716. The molecule has 2 aliphatic rings. The van der Waals surface area contributed by atoms with Crippen LogP contribution in [0.25, 0.3) is 0 Å². The predicted molar refractivity (Wildman–Crippen MR) is 109 cm³/mol. The predicted octanol–water partition coefficient (Wildman–Crippen LogP) is 3.39. The number of nitrogens with one attached hydrogen (secondary N) is 2. The summed E-state index contributed by atoms with van der Waals surface area (Å²) in [4.78, 5) is 26.7. The van der Waals surface area contributed by atoms with Gasteiger partial charge in [0, 0.05) is 25.2 Å². The second kappa shape index (κ2) is 9.80. The van der Waals surface area contributed by atoms with E-state index >= 15 is 0 Å². The number of benzene rings is 1. The molecule has 3 rings (SSSR count). The Morgan fingerprint density at radius 3 is 2.14 bits per heavy atom. The Kier molecular flexibility index (Phi) is 7.18. The van der Waals surface area contributed by atoms with E-state index in [-0.39, 0.29) is 18.0 Å². The monoisotopic (exact) mass is 387 g/mol. The summed E-state index contributed by atoms with van der Waals surface area (Å²) in [5, 5.41) is 6.18. The maximum Gasteiger partial charge on any atom is 0.315 e. The fraction of sp³-hybridized carbons (Fsp3) is 0.636. The number of hydrogen-bond donors (Lipinski definition) is 2. The number of hydrogen-bond acceptors (Lipinski definition) is 3. The molecule has 1 heterocycles. The Morgan fingerprint density at radius 2 is 1.54 bits per heavy atom. The molecule has 154 valence electrons. The molecule has 2 fully saturated rings. The SMILES string of the molecule is Cc1ccc(OC(C)C(=O)N2CCC(NC(=O)NC3CCCCC3)CC2)cc1. The smallest absolute Gasteiger partial charge is 0.315 e. The average molecular weight is 388 g/mol. The van der Waals surface area contributed by atoms with E-state index in [1.165, 1.54) is 19.3 Å². The summed E-state index contributed by atoms with van der Waals surface area (Å²) in [7, 11) is 0. The largest absolute Gasteiger partial charge is 0.481 e. The van der Waals surface area contributed by atoms with Gasteiger partial charge >= 0.3 is 6.03 Å². The first kappa shape index (κ1) is 20.5. The van der Waals surface area contributed by atoms with E-state index in [0.29, 0.717) is 24.9 Å². The molecule has 1 aromatic carbocycles. The van der Waals surface area contributed by atoms with Crippen LogP contribution >= 0.6 is 0 Å². The van der Waals surface area contributed by atoms with Crippen LogP contribution in [-0.4, -0.2) is 48.1 Å². The number of likely N-dealkylation sites (tertiary alicyclic amines) is 1. The van der Waals surface area contributed by atoms with Gasteiger partial charge in [-0.05, 0) is 51.7 Å². The van der Waals surface area contributed by atoms with E-state index in [1.807, 2.05) is 36.1 Å². The number of carbonyl (C=O) groups is 2. The first-order chi connectivity index (χ1) is 13.5. The molecule has 0 bridgehead atoms. The highest BCUT2D eigenvalue weighted by molar-refractivity contribution is 5.81. The van der Waals surface area contributed by atoms with E-state index in [9.17, 15) is 9.59 Å². The molecule has 2 N–H and O–H groups in total. The van der Waals surface area contributed by atoms with E-state index in [2.05, 4.69) is 10.6 Å². The lowest BCUT2D eigenvalue weighted by Crippen LogP contribution is -2.52. The van der Waals surface area contributed by atoms with Gasteiger partial charge in [0.15, 0.2) is 6.10 Å². The summed E-state index contributed by atoms with van der Waals surface area (Å²) in [6.45, 7) is 5.11. The third-order valence-electron chi connectivity index (χ3n) is 5.76. The Hall–Kier alpha value is -2.24. The van der Waals surface area contributed by atoms with Crippen LogP contribution in [0.5, 0.6) is 5.75 Å². The minimum atomic E-state index is -0.512. The van der Waals surface area contributed by atoms with Gasteiger partial charge < -0.3 is 20.3 Å². The number of ether oxygens (including phenoxy) is 1. The number of aryl methyl sites for hydroxylation is 1.